The van der Waals surface area contributed by atoms with Crippen LogP contribution in [-0.2, 0) is 25.9 Å². The Morgan fingerprint density at radius 2 is 1.81 bits per heavy atom. The van der Waals surface area contributed by atoms with Crippen LogP contribution in [0.2, 0.25) is 0 Å². The number of ketones is 1. The molecule has 1 saturated heterocycles. The number of nitrogens with one attached hydrogen (secondary N) is 1. The fraction of sp³-hybridized carbons (Fsp3) is 0.304. The van der Waals surface area contributed by atoms with Gasteiger partial charge in [0.15, 0.2) is 6.61 Å². The van der Waals surface area contributed by atoms with Gasteiger partial charge in [-0.2, -0.15) is 4.31 Å². The second-order valence-electron chi connectivity index (χ2n) is 7.44. The minimum absolute atomic E-state index is 0.0950. The number of aromatic amines is 1. The van der Waals surface area contributed by atoms with E-state index >= 15 is 0 Å². The number of Topliss-reactive ketones (excluding diaryl/α,β-unsaturated/α-hetero) is 1. The Bertz CT molecular complexity index is 1240. The second kappa shape index (κ2) is 9.23. The molecule has 0 spiro atoms. The maximum absolute atomic E-state index is 12.7. The lowest BCUT2D eigenvalue weighted by atomic mass is 10.1. The number of carbonyl (C=O) groups is 2. The highest BCUT2D eigenvalue weighted by atomic mass is 32.2. The molecule has 4 rings (SSSR count). The molecule has 1 N–H and O–H groups in total. The maximum atomic E-state index is 12.7. The number of nitrogens with zero attached hydrogens (tertiary/aromatic N) is 1. The zero-order valence-electron chi connectivity index (χ0n) is 17.7. The van der Waals surface area contributed by atoms with E-state index in [1.807, 2.05) is 25.1 Å². The van der Waals surface area contributed by atoms with Crippen molar-refractivity contribution in [2.75, 3.05) is 32.9 Å². The lowest BCUT2D eigenvalue weighted by Crippen LogP contribution is -2.40. The van der Waals surface area contributed by atoms with E-state index in [2.05, 4.69) is 4.98 Å². The number of ether oxygens (including phenoxy) is 2. The van der Waals surface area contributed by atoms with Crippen molar-refractivity contribution in [3.63, 3.8) is 0 Å². The third kappa shape index (κ3) is 4.32. The Balaban J connectivity index is 1.42. The van der Waals surface area contributed by atoms with Crippen molar-refractivity contribution in [2.45, 2.75) is 18.2 Å². The SMILES string of the molecule is CCc1cccc2c(C(=O)COC(=O)c3ccc(S(=O)(=O)N4CCOCC4)cc3)c[nH]c12. The van der Waals surface area contributed by atoms with Gasteiger partial charge in [-0.15, -0.1) is 0 Å². The largest absolute Gasteiger partial charge is 0.454 e. The van der Waals surface area contributed by atoms with Crippen LogP contribution in [-0.4, -0.2) is 62.4 Å². The fourth-order valence-electron chi connectivity index (χ4n) is 3.73. The number of H-pyrrole nitrogens is 1. The Morgan fingerprint density at radius 1 is 1.09 bits per heavy atom. The standard InChI is InChI=1S/C23H24N2O6S/c1-2-16-4-3-5-19-20(14-24-22(16)19)21(26)15-31-23(27)17-6-8-18(9-7-17)32(28,29)25-10-12-30-13-11-25/h3-9,14,24H,2,10-13,15H2,1H3. The number of sulfonamides is 1. The predicted molar refractivity (Wildman–Crippen MR) is 118 cm³/mol. The molecular weight excluding hydrogens is 432 g/mol. The number of benzene rings is 2. The first-order valence-corrected chi connectivity index (χ1v) is 11.8. The highest BCUT2D eigenvalue weighted by Gasteiger charge is 2.26. The van der Waals surface area contributed by atoms with Crippen LogP contribution in [0.4, 0.5) is 0 Å². The van der Waals surface area contributed by atoms with Gasteiger partial charge >= 0.3 is 5.97 Å². The zero-order chi connectivity index (χ0) is 22.7. The number of fused-ring (bicyclic) bond motifs is 1. The molecular formula is C23H24N2O6S. The van der Waals surface area contributed by atoms with Gasteiger partial charge in [-0.25, -0.2) is 13.2 Å². The second-order valence-corrected chi connectivity index (χ2v) is 9.37. The summed E-state index contributed by atoms with van der Waals surface area (Å²) >= 11 is 0. The Morgan fingerprint density at radius 3 is 2.50 bits per heavy atom. The minimum Gasteiger partial charge on any atom is -0.454 e. The molecule has 1 aromatic heterocycles. The van der Waals surface area contributed by atoms with E-state index in [1.165, 1.54) is 28.6 Å². The molecule has 2 aromatic carbocycles. The van der Waals surface area contributed by atoms with E-state index in [0.29, 0.717) is 31.9 Å². The summed E-state index contributed by atoms with van der Waals surface area (Å²) in [6.45, 7) is 2.93. The van der Waals surface area contributed by atoms with Gasteiger partial charge in [0.2, 0.25) is 15.8 Å². The Kier molecular flexibility index (Phi) is 6.40. The van der Waals surface area contributed by atoms with E-state index in [4.69, 9.17) is 9.47 Å². The number of aryl methyl sites for hydroxylation is 1. The monoisotopic (exact) mass is 456 g/mol. The predicted octanol–water partition coefficient (Wildman–Crippen LogP) is 2.79. The van der Waals surface area contributed by atoms with E-state index in [1.54, 1.807) is 6.20 Å². The number of carbonyl (C=O) groups excluding carboxylic acids is 2. The summed E-state index contributed by atoms with van der Waals surface area (Å²) in [4.78, 5) is 28.2. The average molecular weight is 457 g/mol. The van der Waals surface area contributed by atoms with Gasteiger partial charge in [0.05, 0.1) is 23.7 Å². The summed E-state index contributed by atoms with van der Waals surface area (Å²) < 4.78 is 37.1. The number of rotatable bonds is 7. The number of morpholine rings is 1. The van der Waals surface area contributed by atoms with Crippen LogP contribution in [0.25, 0.3) is 10.9 Å². The quantitative estimate of drug-likeness (QED) is 0.433. The molecule has 0 unspecified atom stereocenters. The summed E-state index contributed by atoms with van der Waals surface area (Å²) in [6.07, 6.45) is 2.46. The summed E-state index contributed by atoms with van der Waals surface area (Å²) in [5, 5.41) is 0.795. The molecule has 0 amide bonds. The normalized spacial score (nSPS) is 15.0. The van der Waals surface area contributed by atoms with Crippen LogP contribution in [0.1, 0.15) is 33.2 Å². The lowest BCUT2D eigenvalue weighted by Gasteiger charge is -2.26. The molecule has 2 heterocycles. The van der Waals surface area contributed by atoms with Crippen LogP contribution in [0, 0.1) is 0 Å². The number of hydrogen-bond donors (Lipinski definition) is 1. The molecule has 0 aliphatic carbocycles. The zero-order valence-corrected chi connectivity index (χ0v) is 18.5. The van der Waals surface area contributed by atoms with E-state index in [-0.39, 0.29) is 16.2 Å². The van der Waals surface area contributed by atoms with E-state index in [0.717, 1.165) is 22.9 Å². The maximum Gasteiger partial charge on any atom is 0.338 e. The van der Waals surface area contributed by atoms with Gasteiger partial charge in [-0.05, 0) is 36.2 Å². The first-order valence-electron chi connectivity index (χ1n) is 10.4. The molecule has 32 heavy (non-hydrogen) atoms. The average Bonchev–Trinajstić information content (AvgIpc) is 3.27. The lowest BCUT2D eigenvalue weighted by molar-refractivity contribution is 0.0475. The molecule has 0 atom stereocenters. The smallest absolute Gasteiger partial charge is 0.338 e. The van der Waals surface area contributed by atoms with E-state index < -0.39 is 22.6 Å². The summed E-state index contributed by atoms with van der Waals surface area (Å²) in [5.41, 5.74) is 2.65. The van der Waals surface area contributed by atoms with E-state index in [9.17, 15) is 18.0 Å². The molecule has 9 heteroatoms. The van der Waals surface area contributed by atoms with Crippen LogP contribution in [0.5, 0.6) is 0 Å². The molecule has 1 fully saturated rings. The van der Waals surface area contributed by atoms with Gasteiger partial charge in [-0.1, -0.05) is 25.1 Å². The molecule has 3 aromatic rings. The number of para-hydroxylation sites is 1. The van der Waals surface area contributed by atoms with Gasteiger partial charge in [0.1, 0.15) is 0 Å². The van der Waals surface area contributed by atoms with Gasteiger partial charge in [-0.3, -0.25) is 4.79 Å². The van der Waals surface area contributed by atoms with Crippen molar-refractivity contribution in [3.05, 3.63) is 65.4 Å². The molecule has 8 nitrogen and oxygen atoms in total. The van der Waals surface area contributed by atoms with Gasteiger partial charge in [0, 0.05) is 35.8 Å². The Labute approximate surface area is 186 Å². The van der Waals surface area contributed by atoms with Gasteiger partial charge in [0.25, 0.3) is 0 Å². The first-order chi connectivity index (χ1) is 15.4. The number of aromatic nitrogens is 1. The van der Waals surface area contributed by atoms with Crippen molar-refractivity contribution in [2.24, 2.45) is 0 Å². The van der Waals surface area contributed by atoms with Crippen molar-refractivity contribution >= 4 is 32.7 Å². The topological polar surface area (TPSA) is 106 Å². The van der Waals surface area contributed by atoms with Crippen LogP contribution in [0.15, 0.2) is 53.6 Å². The number of esters is 1. The van der Waals surface area contributed by atoms with Crippen molar-refractivity contribution in [1.29, 1.82) is 0 Å². The fourth-order valence-corrected chi connectivity index (χ4v) is 5.14. The first kappa shape index (κ1) is 22.2. The van der Waals surface area contributed by atoms with Gasteiger partial charge < -0.3 is 14.5 Å². The van der Waals surface area contributed by atoms with Crippen LogP contribution < -0.4 is 0 Å². The molecule has 0 bridgehead atoms. The highest BCUT2D eigenvalue weighted by Crippen LogP contribution is 2.23. The van der Waals surface area contributed by atoms with Crippen LogP contribution in [0.3, 0.4) is 0 Å². The number of hydrogen-bond acceptors (Lipinski definition) is 6. The minimum atomic E-state index is -3.64. The third-order valence-electron chi connectivity index (χ3n) is 5.52. The third-order valence-corrected chi connectivity index (χ3v) is 7.43. The van der Waals surface area contributed by atoms with Crippen molar-refractivity contribution < 1.29 is 27.5 Å². The molecule has 0 radical (unpaired) electrons. The van der Waals surface area contributed by atoms with Crippen LogP contribution >= 0.6 is 0 Å². The molecule has 168 valence electrons. The Hall–Kier alpha value is -3.01. The summed E-state index contributed by atoms with van der Waals surface area (Å²) in [5.74, 6) is -1.01. The summed E-state index contributed by atoms with van der Waals surface area (Å²) in [7, 11) is -3.64. The van der Waals surface area contributed by atoms with Crippen molar-refractivity contribution in [3.8, 4) is 0 Å². The molecule has 1 aliphatic rings. The summed E-state index contributed by atoms with van der Waals surface area (Å²) in [6, 6.07) is 11.3. The highest BCUT2D eigenvalue weighted by molar-refractivity contribution is 7.89. The molecule has 1 aliphatic heterocycles. The molecule has 0 saturated carbocycles. The van der Waals surface area contributed by atoms with Crippen molar-refractivity contribution in [1.82, 2.24) is 9.29 Å².